The van der Waals surface area contributed by atoms with E-state index >= 15 is 0 Å². The number of hydrogen-bond donors (Lipinski definition) is 2. The van der Waals surface area contributed by atoms with Crippen molar-refractivity contribution in [3.8, 4) is 0 Å². The van der Waals surface area contributed by atoms with Crippen molar-refractivity contribution in [1.29, 1.82) is 0 Å². The molecule has 0 aliphatic heterocycles. The summed E-state index contributed by atoms with van der Waals surface area (Å²) in [7, 11) is 0. The Bertz CT molecular complexity index is 424. The van der Waals surface area contributed by atoms with Gasteiger partial charge in [-0.2, -0.15) is 0 Å². The summed E-state index contributed by atoms with van der Waals surface area (Å²) in [6.07, 6.45) is 5.12. The fourth-order valence-corrected chi connectivity index (χ4v) is 2.44. The molecule has 1 unspecified atom stereocenters. The van der Waals surface area contributed by atoms with Crippen LogP contribution in [0.15, 0.2) is 28.4 Å². The first-order valence-corrected chi connectivity index (χ1v) is 6.04. The summed E-state index contributed by atoms with van der Waals surface area (Å²) in [6.45, 7) is 2.00. The lowest BCUT2D eigenvalue weighted by molar-refractivity contribution is 0.513. The average Bonchev–Trinajstić information content (AvgIpc) is 2.89. The second-order valence-corrected chi connectivity index (χ2v) is 4.73. The van der Waals surface area contributed by atoms with E-state index in [1.54, 1.807) is 23.9 Å². The molecule has 16 heavy (non-hydrogen) atoms. The van der Waals surface area contributed by atoms with E-state index in [0.717, 1.165) is 29.1 Å². The molecule has 0 saturated carbocycles. The molecular formula is C11H15N3OS. The van der Waals surface area contributed by atoms with Crippen LogP contribution < -0.4 is 11.3 Å². The zero-order chi connectivity index (χ0) is 11.4. The highest BCUT2D eigenvalue weighted by atomic mass is 32.1. The predicted molar refractivity (Wildman–Crippen MR) is 64.1 cm³/mol. The third kappa shape index (κ3) is 2.91. The molecule has 0 aliphatic rings. The first-order chi connectivity index (χ1) is 7.78. The first-order valence-electron chi connectivity index (χ1n) is 5.16. The van der Waals surface area contributed by atoms with Gasteiger partial charge < -0.3 is 4.42 Å². The maximum absolute atomic E-state index is 5.54. The number of nitrogens with one attached hydrogen (secondary N) is 1. The van der Waals surface area contributed by atoms with Gasteiger partial charge in [-0.3, -0.25) is 11.3 Å². The molecule has 0 amide bonds. The molecule has 0 aromatic carbocycles. The van der Waals surface area contributed by atoms with Crippen molar-refractivity contribution in [1.82, 2.24) is 10.4 Å². The number of hydrogen-bond acceptors (Lipinski definition) is 5. The Hall–Kier alpha value is -1.17. The molecule has 2 rings (SSSR count). The SMILES string of the molecule is Cc1csc(CC(Cc2ccoc2)NN)n1. The summed E-state index contributed by atoms with van der Waals surface area (Å²) in [5.74, 6) is 5.54. The van der Waals surface area contributed by atoms with Crippen molar-refractivity contribution >= 4 is 11.3 Å². The maximum Gasteiger partial charge on any atom is 0.0944 e. The van der Waals surface area contributed by atoms with Gasteiger partial charge in [-0.05, 0) is 25.0 Å². The van der Waals surface area contributed by atoms with Crippen molar-refractivity contribution in [2.24, 2.45) is 5.84 Å². The number of hydrazine groups is 1. The van der Waals surface area contributed by atoms with Crippen LogP contribution in [-0.4, -0.2) is 11.0 Å². The van der Waals surface area contributed by atoms with Crippen LogP contribution in [-0.2, 0) is 12.8 Å². The molecule has 0 aliphatic carbocycles. The van der Waals surface area contributed by atoms with Crippen LogP contribution in [0, 0.1) is 6.92 Å². The van der Waals surface area contributed by atoms with Crippen LogP contribution in [0.5, 0.6) is 0 Å². The van der Waals surface area contributed by atoms with E-state index in [0.29, 0.717) is 0 Å². The zero-order valence-electron chi connectivity index (χ0n) is 9.14. The summed E-state index contributed by atoms with van der Waals surface area (Å²) in [6, 6.07) is 2.15. The number of furan rings is 1. The molecule has 2 heterocycles. The zero-order valence-corrected chi connectivity index (χ0v) is 9.96. The van der Waals surface area contributed by atoms with Crippen molar-refractivity contribution in [3.63, 3.8) is 0 Å². The molecule has 0 fully saturated rings. The molecule has 86 valence electrons. The van der Waals surface area contributed by atoms with Gasteiger partial charge in [0, 0.05) is 23.5 Å². The number of nitrogens with two attached hydrogens (primary N) is 1. The Morgan fingerprint density at radius 3 is 3.00 bits per heavy atom. The van der Waals surface area contributed by atoms with E-state index in [2.05, 4.69) is 15.8 Å². The Kier molecular flexibility index (Phi) is 3.71. The highest BCUT2D eigenvalue weighted by Gasteiger charge is 2.11. The topological polar surface area (TPSA) is 64.1 Å². The quantitative estimate of drug-likeness (QED) is 0.613. The summed E-state index contributed by atoms with van der Waals surface area (Å²) < 4.78 is 5.03. The molecule has 5 heteroatoms. The van der Waals surface area contributed by atoms with E-state index in [-0.39, 0.29) is 6.04 Å². The Balaban J connectivity index is 1.95. The summed E-state index contributed by atoms with van der Waals surface area (Å²) in [4.78, 5) is 4.43. The minimum absolute atomic E-state index is 0.197. The summed E-state index contributed by atoms with van der Waals surface area (Å²) >= 11 is 1.68. The van der Waals surface area contributed by atoms with Crippen molar-refractivity contribution in [2.45, 2.75) is 25.8 Å². The van der Waals surface area contributed by atoms with Crippen molar-refractivity contribution < 1.29 is 4.42 Å². The first kappa shape index (κ1) is 11.3. The summed E-state index contributed by atoms with van der Waals surface area (Å²) in [5.41, 5.74) is 5.04. The van der Waals surface area contributed by atoms with Crippen molar-refractivity contribution in [3.05, 3.63) is 40.2 Å². The molecule has 4 nitrogen and oxygen atoms in total. The number of rotatable bonds is 5. The van der Waals surface area contributed by atoms with E-state index in [9.17, 15) is 0 Å². The largest absolute Gasteiger partial charge is 0.472 e. The van der Waals surface area contributed by atoms with Crippen LogP contribution in [0.1, 0.15) is 16.3 Å². The van der Waals surface area contributed by atoms with Gasteiger partial charge in [-0.25, -0.2) is 4.98 Å². The van der Waals surface area contributed by atoms with E-state index in [1.165, 1.54) is 0 Å². The lowest BCUT2D eigenvalue weighted by Gasteiger charge is -2.12. The molecule has 0 radical (unpaired) electrons. The van der Waals surface area contributed by atoms with E-state index in [4.69, 9.17) is 10.3 Å². The number of thiazole rings is 1. The van der Waals surface area contributed by atoms with Crippen LogP contribution in [0.3, 0.4) is 0 Å². The number of aryl methyl sites for hydroxylation is 1. The van der Waals surface area contributed by atoms with E-state index in [1.807, 2.05) is 13.0 Å². The monoisotopic (exact) mass is 237 g/mol. The molecule has 0 saturated heterocycles. The summed E-state index contributed by atoms with van der Waals surface area (Å²) in [5, 5.41) is 3.17. The lowest BCUT2D eigenvalue weighted by atomic mass is 10.1. The predicted octanol–water partition coefficient (Wildman–Crippen LogP) is 1.66. The van der Waals surface area contributed by atoms with Gasteiger partial charge in [0.1, 0.15) is 0 Å². The van der Waals surface area contributed by atoms with Gasteiger partial charge in [0.25, 0.3) is 0 Å². The van der Waals surface area contributed by atoms with Crippen LogP contribution in [0.2, 0.25) is 0 Å². The molecule has 2 aromatic heterocycles. The van der Waals surface area contributed by atoms with Crippen molar-refractivity contribution in [2.75, 3.05) is 0 Å². The second kappa shape index (κ2) is 5.25. The standard InChI is InChI=1S/C11H15N3OS/c1-8-7-16-11(13-8)5-10(14-12)4-9-2-3-15-6-9/h2-3,6-7,10,14H,4-5,12H2,1H3. The van der Waals surface area contributed by atoms with Gasteiger partial charge >= 0.3 is 0 Å². The minimum atomic E-state index is 0.197. The molecule has 2 aromatic rings. The smallest absolute Gasteiger partial charge is 0.0944 e. The highest BCUT2D eigenvalue weighted by Crippen LogP contribution is 2.13. The molecule has 3 N–H and O–H groups in total. The third-order valence-corrected chi connectivity index (χ3v) is 3.37. The van der Waals surface area contributed by atoms with Gasteiger partial charge in [-0.15, -0.1) is 11.3 Å². The third-order valence-electron chi connectivity index (χ3n) is 2.39. The Labute approximate surface area is 98.5 Å². The highest BCUT2D eigenvalue weighted by molar-refractivity contribution is 7.09. The van der Waals surface area contributed by atoms with E-state index < -0.39 is 0 Å². The Morgan fingerprint density at radius 2 is 2.44 bits per heavy atom. The normalized spacial score (nSPS) is 12.9. The van der Waals surface area contributed by atoms with Crippen LogP contribution in [0.25, 0.3) is 0 Å². The maximum atomic E-state index is 5.54. The van der Waals surface area contributed by atoms with Gasteiger partial charge in [-0.1, -0.05) is 0 Å². The molecule has 1 atom stereocenters. The molecule has 0 spiro atoms. The number of aromatic nitrogens is 1. The Morgan fingerprint density at radius 1 is 1.56 bits per heavy atom. The lowest BCUT2D eigenvalue weighted by Crippen LogP contribution is -2.38. The molecule has 0 bridgehead atoms. The minimum Gasteiger partial charge on any atom is -0.472 e. The van der Waals surface area contributed by atoms with Crippen LogP contribution in [0.4, 0.5) is 0 Å². The van der Waals surface area contributed by atoms with Gasteiger partial charge in [0.05, 0.1) is 17.5 Å². The number of nitrogens with zero attached hydrogens (tertiary/aromatic N) is 1. The second-order valence-electron chi connectivity index (χ2n) is 3.79. The fourth-order valence-electron chi connectivity index (χ4n) is 1.59. The molecular weight excluding hydrogens is 222 g/mol. The van der Waals surface area contributed by atoms with Gasteiger partial charge in [0.2, 0.25) is 0 Å². The average molecular weight is 237 g/mol. The fraction of sp³-hybridized carbons (Fsp3) is 0.364. The van der Waals surface area contributed by atoms with Gasteiger partial charge in [0.15, 0.2) is 0 Å². The van der Waals surface area contributed by atoms with Crippen LogP contribution >= 0.6 is 11.3 Å².